The number of hydrogen-bond donors (Lipinski definition) is 0. The molecule has 0 atom stereocenters. The fourth-order valence-corrected chi connectivity index (χ4v) is 2.10. The number of hydrogen-bond acceptors (Lipinski definition) is 6. The zero-order valence-corrected chi connectivity index (χ0v) is 13.1. The molecule has 0 aliphatic heterocycles. The lowest BCUT2D eigenvalue weighted by Gasteiger charge is -2.07. The molecule has 0 aliphatic carbocycles. The van der Waals surface area contributed by atoms with Gasteiger partial charge in [-0.25, -0.2) is 4.79 Å². The predicted octanol–water partition coefficient (Wildman–Crippen LogP) is 4.04. The molecule has 0 radical (unpaired) electrons. The molecule has 3 rings (SSSR count). The summed E-state index contributed by atoms with van der Waals surface area (Å²) >= 11 is 0. The first kappa shape index (κ1) is 15.6. The molecule has 0 spiro atoms. The fourth-order valence-electron chi connectivity index (χ4n) is 2.10. The number of carbonyl (C=O) groups is 1. The molecule has 0 saturated carbocycles. The molecule has 1 aromatic heterocycles. The van der Waals surface area contributed by atoms with Crippen molar-refractivity contribution >= 4 is 17.1 Å². The van der Waals surface area contributed by atoms with Gasteiger partial charge < -0.3 is 18.6 Å². The molecule has 3 aromatic rings. The van der Waals surface area contributed by atoms with Crippen molar-refractivity contribution in [1.29, 1.82) is 0 Å². The Morgan fingerprint density at radius 2 is 1.75 bits per heavy atom. The third kappa shape index (κ3) is 3.22. The molecule has 0 N–H and O–H groups in total. The molecular formula is C18H14O6. The highest BCUT2D eigenvalue weighted by Gasteiger charge is 2.11. The van der Waals surface area contributed by atoms with E-state index in [1.807, 2.05) is 19.1 Å². The molecule has 0 amide bonds. The largest absolute Gasteiger partial charge is 0.513 e. The first-order valence-electron chi connectivity index (χ1n) is 7.13. The van der Waals surface area contributed by atoms with Crippen LogP contribution in [0.3, 0.4) is 0 Å². The summed E-state index contributed by atoms with van der Waals surface area (Å²) in [4.78, 5) is 23.6. The van der Waals surface area contributed by atoms with Crippen LogP contribution in [-0.4, -0.2) is 13.3 Å². The molecule has 0 unspecified atom stereocenters. The number of methoxy groups -OCH3 is 1. The number of ether oxygens (including phenoxy) is 3. The van der Waals surface area contributed by atoms with E-state index >= 15 is 0 Å². The Bertz CT molecular complexity index is 940. The second kappa shape index (κ2) is 6.45. The molecule has 0 bridgehead atoms. The van der Waals surface area contributed by atoms with Crippen molar-refractivity contribution in [3.05, 3.63) is 64.5 Å². The Morgan fingerprint density at radius 1 is 1.04 bits per heavy atom. The topological polar surface area (TPSA) is 75.0 Å². The molecule has 0 fully saturated rings. The average Bonchev–Trinajstić information content (AvgIpc) is 2.59. The molecule has 1 heterocycles. The third-order valence-electron chi connectivity index (χ3n) is 3.33. The van der Waals surface area contributed by atoms with Crippen molar-refractivity contribution < 1.29 is 23.4 Å². The summed E-state index contributed by atoms with van der Waals surface area (Å²) in [5.74, 6) is 0.829. The monoisotopic (exact) mass is 326 g/mol. The maximum absolute atomic E-state index is 12.5. The van der Waals surface area contributed by atoms with Crippen molar-refractivity contribution in [2.45, 2.75) is 6.92 Å². The number of fused-ring (bicyclic) bond motifs is 1. The van der Waals surface area contributed by atoms with Crippen LogP contribution in [0.25, 0.3) is 11.0 Å². The molecular weight excluding hydrogens is 312 g/mol. The second-order valence-corrected chi connectivity index (χ2v) is 5.06. The van der Waals surface area contributed by atoms with Crippen LogP contribution in [0.15, 0.2) is 57.9 Å². The smallest absolute Gasteiger partial charge is 0.460 e. The minimum atomic E-state index is -0.851. The van der Waals surface area contributed by atoms with Crippen LogP contribution in [0.4, 0.5) is 4.79 Å². The minimum absolute atomic E-state index is 0.0768. The summed E-state index contributed by atoms with van der Waals surface area (Å²) in [7, 11) is 1.21. The SMILES string of the molecule is COC(=O)Oc1ccc2c(=O)c(Oc3ccc(C)cc3)coc2c1. The van der Waals surface area contributed by atoms with Gasteiger partial charge in [0.05, 0.1) is 12.5 Å². The van der Waals surface area contributed by atoms with Crippen molar-refractivity contribution in [3.8, 4) is 17.2 Å². The van der Waals surface area contributed by atoms with Gasteiger partial charge >= 0.3 is 6.16 Å². The number of aryl methyl sites for hydroxylation is 1. The lowest BCUT2D eigenvalue weighted by Crippen LogP contribution is -2.08. The van der Waals surface area contributed by atoms with E-state index in [9.17, 15) is 9.59 Å². The van der Waals surface area contributed by atoms with E-state index in [0.29, 0.717) is 11.1 Å². The second-order valence-electron chi connectivity index (χ2n) is 5.06. The number of benzene rings is 2. The van der Waals surface area contributed by atoms with Gasteiger partial charge in [-0.2, -0.15) is 0 Å². The van der Waals surface area contributed by atoms with E-state index < -0.39 is 6.16 Å². The average molecular weight is 326 g/mol. The molecule has 0 saturated heterocycles. The Balaban J connectivity index is 1.93. The van der Waals surface area contributed by atoms with Crippen LogP contribution in [0.5, 0.6) is 17.2 Å². The molecule has 6 heteroatoms. The van der Waals surface area contributed by atoms with Crippen molar-refractivity contribution in [1.82, 2.24) is 0 Å². The van der Waals surface area contributed by atoms with Gasteiger partial charge in [-0.3, -0.25) is 4.79 Å². The molecule has 0 aliphatic rings. The summed E-state index contributed by atoms with van der Waals surface area (Å²) in [5.41, 5.74) is 1.05. The lowest BCUT2D eigenvalue weighted by atomic mass is 10.2. The van der Waals surface area contributed by atoms with E-state index in [-0.39, 0.29) is 22.5 Å². The van der Waals surface area contributed by atoms with Gasteiger partial charge in [-0.15, -0.1) is 0 Å². The highest BCUT2D eigenvalue weighted by molar-refractivity contribution is 5.80. The van der Waals surface area contributed by atoms with Crippen LogP contribution in [0.2, 0.25) is 0 Å². The van der Waals surface area contributed by atoms with E-state index in [4.69, 9.17) is 13.9 Å². The Morgan fingerprint density at radius 3 is 2.46 bits per heavy atom. The maximum Gasteiger partial charge on any atom is 0.513 e. The maximum atomic E-state index is 12.5. The normalized spacial score (nSPS) is 10.4. The third-order valence-corrected chi connectivity index (χ3v) is 3.33. The first-order valence-corrected chi connectivity index (χ1v) is 7.13. The molecule has 24 heavy (non-hydrogen) atoms. The summed E-state index contributed by atoms with van der Waals surface area (Å²) in [6.07, 6.45) is 0.378. The summed E-state index contributed by atoms with van der Waals surface area (Å²) in [6, 6.07) is 11.7. The van der Waals surface area contributed by atoms with Gasteiger partial charge in [-0.05, 0) is 31.2 Å². The van der Waals surface area contributed by atoms with Crippen LogP contribution >= 0.6 is 0 Å². The van der Waals surface area contributed by atoms with E-state index in [2.05, 4.69) is 4.74 Å². The highest BCUT2D eigenvalue weighted by atomic mass is 16.7. The van der Waals surface area contributed by atoms with Crippen LogP contribution in [-0.2, 0) is 4.74 Å². The predicted molar refractivity (Wildman–Crippen MR) is 86.8 cm³/mol. The molecule has 6 nitrogen and oxygen atoms in total. The van der Waals surface area contributed by atoms with Crippen LogP contribution in [0.1, 0.15) is 5.56 Å². The minimum Gasteiger partial charge on any atom is -0.460 e. The summed E-state index contributed by atoms with van der Waals surface area (Å²) in [5, 5.41) is 0.317. The first-order chi connectivity index (χ1) is 11.6. The molecule has 2 aromatic carbocycles. The van der Waals surface area contributed by atoms with E-state index in [1.54, 1.807) is 12.1 Å². The van der Waals surface area contributed by atoms with Crippen molar-refractivity contribution in [3.63, 3.8) is 0 Å². The van der Waals surface area contributed by atoms with E-state index in [0.717, 1.165) is 5.56 Å². The standard InChI is InChI=1S/C18H14O6/c1-11-3-5-12(6-4-11)23-16-10-22-15-9-13(24-18(20)21-2)7-8-14(15)17(16)19/h3-10H,1-2H3. The Kier molecular flexibility index (Phi) is 4.20. The van der Waals surface area contributed by atoms with Gasteiger partial charge in [0, 0.05) is 6.07 Å². The van der Waals surface area contributed by atoms with Gasteiger partial charge in [-0.1, -0.05) is 17.7 Å². The fraction of sp³-hybridized carbons (Fsp3) is 0.111. The van der Waals surface area contributed by atoms with Crippen molar-refractivity contribution in [2.24, 2.45) is 0 Å². The highest BCUT2D eigenvalue weighted by Crippen LogP contribution is 2.24. The van der Waals surface area contributed by atoms with E-state index in [1.165, 1.54) is 31.6 Å². The number of carbonyl (C=O) groups excluding carboxylic acids is 1. The summed E-state index contributed by atoms with van der Waals surface area (Å²) < 4.78 is 20.3. The summed E-state index contributed by atoms with van der Waals surface area (Å²) in [6.45, 7) is 1.96. The van der Waals surface area contributed by atoms with Gasteiger partial charge in [0.2, 0.25) is 11.2 Å². The van der Waals surface area contributed by atoms with Gasteiger partial charge in [0.15, 0.2) is 0 Å². The number of rotatable bonds is 3. The van der Waals surface area contributed by atoms with Crippen molar-refractivity contribution in [2.75, 3.05) is 7.11 Å². The Hall–Kier alpha value is -3.28. The zero-order chi connectivity index (χ0) is 17.1. The zero-order valence-electron chi connectivity index (χ0n) is 13.1. The van der Waals surface area contributed by atoms with Crippen LogP contribution < -0.4 is 14.9 Å². The van der Waals surface area contributed by atoms with Gasteiger partial charge in [0.25, 0.3) is 0 Å². The van der Waals surface area contributed by atoms with Gasteiger partial charge in [0.1, 0.15) is 23.3 Å². The quantitative estimate of drug-likeness (QED) is 0.534. The lowest BCUT2D eigenvalue weighted by molar-refractivity contribution is 0.121. The van der Waals surface area contributed by atoms with Crippen LogP contribution in [0, 0.1) is 6.92 Å². The molecule has 122 valence electrons. The Labute approximate surface area is 137 Å².